The summed E-state index contributed by atoms with van der Waals surface area (Å²) >= 11 is 7.16. The second kappa shape index (κ2) is 7.45. The number of hydrogen-bond acceptors (Lipinski definition) is 4. The molecular weight excluding hydrogens is 363 g/mol. The van der Waals surface area contributed by atoms with Gasteiger partial charge < -0.3 is 9.32 Å². The van der Waals surface area contributed by atoms with E-state index in [0.29, 0.717) is 21.3 Å². The largest absolute Gasteiger partial charge is 0.431 e. The van der Waals surface area contributed by atoms with Crippen LogP contribution in [0.25, 0.3) is 11.1 Å². The first-order valence-corrected chi connectivity index (χ1v) is 9.00. The van der Waals surface area contributed by atoms with Gasteiger partial charge in [-0.2, -0.15) is 0 Å². The summed E-state index contributed by atoms with van der Waals surface area (Å²) in [5.41, 5.74) is 2.17. The second-order valence-corrected chi connectivity index (χ2v) is 6.98. The number of oxazole rings is 1. The van der Waals surface area contributed by atoms with E-state index in [4.69, 9.17) is 16.0 Å². The number of amides is 1. The maximum absolute atomic E-state index is 13.0. The minimum Gasteiger partial charge on any atom is -0.431 e. The number of hydrogen-bond donors (Lipinski definition) is 0. The Labute approximate surface area is 154 Å². The molecule has 1 aromatic heterocycles. The van der Waals surface area contributed by atoms with Gasteiger partial charge in [-0.15, -0.1) is 0 Å². The molecule has 0 radical (unpaired) electrons. The van der Waals surface area contributed by atoms with E-state index >= 15 is 0 Å². The fourth-order valence-corrected chi connectivity index (χ4v) is 3.28. The van der Waals surface area contributed by atoms with Crippen molar-refractivity contribution in [3.63, 3.8) is 0 Å². The van der Waals surface area contributed by atoms with Crippen LogP contribution in [-0.2, 0) is 4.79 Å². The minimum atomic E-state index is -0.295. The van der Waals surface area contributed by atoms with Crippen molar-refractivity contribution in [1.82, 2.24) is 9.88 Å². The fourth-order valence-electron chi connectivity index (χ4n) is 2.35. The lowest BCUT2D eigenvalue weighted by molar-refractivity contribution is -0.128. The average Bonchev–Trinajstić information content (AvgIpc) is 3.01. The van der Waals surface area contributed by atoms with Crippen LogP contribution in [0.3, 0.4) is 0 Å². The van der Waals surface area contributed by atoms with Crippen LogP contribution in [0.4, 0.5) is 4.39 Å². The zero-order valence-electron chi connectivity index (χ0n) is 13.7. The molecule has 0 saturated carbocycles. The van der Waals surface area contributed by atoms with Crippen molar-refractivity contribution in [3.8, 4) is 0 Å². The van der Waals surface area contributed by atoms with Gasteiger partial charge >= 0.3 is 0 Å². The first kappa shape index (κ1) is 17.8. The van der Waals surface area contributed by atoms with E-state index in [1.165, 1.54) is 23.9 Å². The number of benzene rings is 2. The Hall–Kier alpha value is -2.05. The monoisotopic (exact) mass is 378 g/mol. The molecule has 0 saturated heterocycles. The first-order valence-electron chi connectivity index (χ1n) is 7.64. The smallest absolute Gasteiger partial charge is 0.257 e. The minimum absolute atomic E-state index is 0.0675. The van der Waals surface area contributed by atoms with Crippen LogP contribution in [0.15, 0.2) is 52.1 Å². The maximum atomic E-state index is 13.0. The molecule has 0 bridgehead atoms. The lowest BCUT2D eigenvalue weighted by atomic mass is 10.1. The van der Waals surface area contributed by atoms with Gasteiger partial charge in [-0.25, -0.2) is 9.37 Å². The Morgan fingerprint density at radius 2 is 2.04 bits per heavy atom. The SMILES string of the molecule is CC(c1ccc(F)cc1)N(C)C(=O)CSc1nc2cc(Cl)ccc2o1. The Kier molecular flexibility index (Phi) is 5.30. The van der Waals surface area contributed by atoms with Gasteiger partial charge in [0.1, 0.15) is 11.3 Å². The third kappa shape index (κ3) is 4.14. The van der Waals surface area contributed by atoms with Crippen LogP contribution < -0.4 is 0 Å². The molecular formula is C18H16ClFN2O2S. The zero-order chi connectivity index (χ0) is 18.0. The first-order chi connectivity index (χ1) is 11.9. The number of thioether (sulfide) groups is 1. The second-order valence-electron chi connectivity index (χ2n) is 5.61. The summed E-state index contributed by atoms with van der Waals surface area (Å²) in [7, 11) is 1.72. The number of carbonyl (C=O) groups is 1. The molecule has 130 valence electrons. The molecule has 0 spiro atoms. The molecule has 1 atom stereocenters. The lowest BCUT2D eigenvalue weighted by Crippen LogP contribution is -2.31. The van der Waals surface area contributed by atoms with Crippen LogP contribution in [0.5, 0.6) is 0 Å². The molecule has 1 heterocycles. The number of carbonyl (C=O) groups excluding carboxylic acids is 1. The lowest BCUT2D eigenvalue weighted by Gasteiger charge is -2.25. The molecule has 0 aliphatic heterocycles. The van der Waals surface area contributed by atoms with Crippen LogP contribution in [-0.4, -0.2) is 28.6 Å². The Balaban J connectivity index is 1.63. The van der Waals surface area contributed by atoms with Crippen molar-refractivity contribution in [2.75, 3.05) is 12.8 Å². The number of fused-ring (bicyclic) bond motifs is 1. The molecule has 3 aromatic rings. The van der Waals surface area contributed by atoms with Gasteiger partial charge in [0.2, 0.25) is 5.91 Å². The summed E-state index contributed by atoms with van der Waals surface area (Å²) in [5, 5.41) is 1.01. The molecule has 7 heteroatoms. The number of nitrogens with zero attached hydrogens (tertiary/aromatic N) is 2. The third-order valence-corrected chi connectivity index (χ3v) is 5.02. The Bertz CT molecular complexity index is 898. The fraction of sp³-hybridized carbons (Fsp3) is 0.222. The number of aromatic nitrogens is 1. The maximum Gasteiger partial charge on any atom is 0.257 e. The molecule has 1 amide bonds. The predicted molar refractivity (Wildman–Crippen MR) is 97.3 cm³/mol. The molecule has 0 aliphatic rings. The highest BCUT2D eigenvalue weighted by Gasteiger charge is 2.18. The third-order valence-electron chi connectivity index (χ3n) is 3.98. The molecule has 1 unspecified atom stereocenters. The van der Waals surface area contributed by atoms with Crippen LogP contribution in [0, 0.1) is 5.82 Å². The molecule has 0 aliphatic carbocycles. The molecule has 25 heavy (non-hydrogen) atoms. The van der Waals surface area contributed by atoms with Gasteiger partial charge in [-0.05, 0) is 42.8 Å². The molecule has 2 aromatic carbocycles. The van der Waals surface area contributed by atoms with E-state index in [0.717, 1.165) is 5.56 Å². The van der Waals surface area contributed by atoms with Crippen molar-refractivity contribution in [2.45, 2.75) is 18.2 Å². The number of rotatable bonds is 5. The van der Waals surface area contributed by atoms with Crippen LogP contribution >= 0.6 is 23.4 Å². The van der Waals surface area contributed by atoms with E-state index in [1.807, 2.05) is 6.92 Å². The summed E-state index contributed by atoms with van der Waals surface area (Å²) in [4.78, 5) is 18.3. The van der Waals surface area contributed by atoms with Crippen LogP contribution in [0.1, 0.15) is 18.5 Å². The van der Waals surface area contributed by atoms with Crippen LogP contribution in [0.2, 0.25) is 5.02 Å². The normalized spacial score (nSPS) is 12.3. The summed E-state index contributed by atoms with van der Waals surface area (Å²) in [6.07, 6.45) is 0. The quantitative estimate of drug-likeness (QED) is 0.590. The summed E-state index contributed by atoms with van der Waals surface area (Å²) in [6, 6.07) is 11.2. The molecule has 0 N–H and O–H groups in total. The van der Waals surface area contributed by atoms with Crippen molar-refractivity contribution >= 4 is 40.4 Å². The summed E-state index contributed by atoms with van der Waals surface area (Å²) in [6.45, 7) is 1.90. The van der Waals surface area contributed by atoms with Crippen molar-refractivity contribution < 1.29 is 13.6 Å². The van der Waals surface area contributed by atoms with E-state index < -0.39 is 0 Å². The van der Waals surface area contributed by atoms with E-state index in [1.54, 1.807) is 42.3 Å². The van der Waals surface area contributed by atoms with E-state index in [-0.39, 0.29) is 23.5 Å². The zero-order valence-corrected chi connectivity index (χ0v) is 15.3. The van der Waals surface area contributed by atoms with Crippen molar-refractivity contribution in [3.05, 3.63) is 58.9 Å². The highest BCUT2D eigenvalue weighted by Crippen LogP contribution is 2.26. The highest BCUT2D eigenvalue weighted by molar-refractivity contribution is 7.99. The highest BCUT2D eigenvalue weighted by atomic mass is 35.5. The molecule has 4 nitrogen and oxygen atoms in total. The van der Waals surface area contributed by atoms with Gasteiger partial charge in [0, 0.05) is 12.1 Å². The van der Waals surface area contributed by atoms with Gasteiger partial charge in [0.25, 0.3) is 5.22 Å². The number of halogens is 2. The Morgan fingerprint density at radius 3 is 2.76 bits per heavy atom. The van der Waals surface area contributed by atoms with Gasteiger partial charge in [0.05, 0.1) is 11.8 Å². The van der Waals surface area contributed by atoms with Gasteiger partial charge in [0.15, 0.2) is 5.58 Å². The van der Waals surface area contributed by atoms with Crippen molar-refractivity contribution in [2.24, 2.45) is 0 Å². The van der Waals surface area contributed by atoms with Crippen molar-refractivity contribution in [1.29, 1.82) is 0 Å². The standard InChI is InChI=1S/C18H16ClFN2O2S/c1-11(12-3-6-14(20)7-4-12)22(2)17(23)10-25-18-21-15-9-13(19)5-8-16(15)24-18/h3-9,11H,10H2,1-2H3. The summed E-state index contributed by atoms with van der Waals surface area (Å²) < 4.78 is 18.6. The Morgan fingerprint density at radius 1 is 1.32 bits per heavy atom. The molecule has 0 fully saturated rings. The average molecular weight is 379 g/mol. The van der Waals surface area contributed by atoms with Gasteiger partial charge in [-0.1, -0.05) is 35.5 Å². The predicted octanol–water partition coefficient (Wildman–Crippen LogP) is 4.93. The van der Waals surface area contributed by atoms with E-state index in [9.17, 15) is 9.18 Å². The van der Waals surface area contributed by atoms with E-state index in [2.05, 4.69) is 4.98 Å². The topological polar surface area (TPSA) is 46.3 Å². The molecule has 3 rings (SSSR count). The summed E-state index contributed by atoms with van der Waals surface area (Å²) in [5.74, 6) is -0.165. The van der Waals surface area contributed by atoms with Gasteiger partial charge in [-0.3, -0.25) is 4.79 Å².